The molecule has 8 heteroatoms. The number of para-hydroxylation sites is 2. The summed E-state index contributed by atoms with van der Waals surface area (Å²) in [6.45, 7) is 1.01. The summed E-state index contributed by atoms with van der Waals surface area (Å²) < 4.78 is 9.51. The second kappa shape index (κ2) is 7.07. The largest absolute Gasteiger partial charge is 0.477 e. The molecule has 0 aliphatic rings. The number of rotatable bonds is 6. The molecule has 1 unspecified atom stereocenters. The molecule has 0 fully saturated rings. The monoisotopic (exact) mass is 282 g/mol. The van der Waals surface area contributed by atoms with Gasteiger partial charge in [-0.15, -0.1) is 0 Å². The first-order valence-electron chi connectivity index (χ1n) is 5.69. The number of nitrogens with one attached hydrogen (secondary N) is 1. The zero-order chi connectivity index (χ0) is 15.1. The zero-order valence-corrected chi connectivity index (χ0v) is 11.0. The van der Waals surface area contributed by atoms with Crippen LogP contribution in [-0.2, 0) is 14.3 Å². The second-order valence-corrected chi connectivity index (χ2v) is 3.83. The Kier molecular flexibility index (Phi) is 5.45. The fraction of sp³-hybridized carbons (Fsp3) is 0.333. The van der Waals surface area contributed by atoms with E-state index in [9.17, 15) is 19.7 Å². The Morgan fingerprint density at radius 1 is 1.40 bits per heavy atom. The minimum absolute atomic E-state index is 0.0154. The van der Waals surface area contributed by atoms with Crippen molar-refractivity contribution in [1.29, 1.82) is 0 Å². The molecule has 1 aromatic rings. The van der Waals surface area contributed by atoms with E-state index in [1.165, 1.54) is 32.2 Å². The summed E-state index contributed by atoms with van der Waals surface area (Å²) in [4.78, 5) is 32.7. The van der Waals surface area contributed by atoms with Gasteiger partial charge < -0.3 is 14.8 Å². The Labute approximate surface area is 114 Å². The first kappa shape index (κ1) is 15.4. The highest BCUT2D eigenvalue weighted by molar-refractivity contribution is 5.84. The average molecular weight is 282 g/mol. The second-order valence-electron chi connectivity index (χ2n) is 3.83. The lowest BCUT2D eigenvalue weighted by atomic mass is 10.3. The van der Waals surface area contributed by atoms with Gasteiger partial charge in [0.05, 0.1) is 12.0 Å². The molecule has 1 amide bonds. The van der Waals surface area contributed by atoms with Crippen LogP contribution in [0.25, 0.3) is 0 Å². The Bertz CT molecular complexity index is 516. The molecule has 0 aliphatic heterocycles. The van der Waals surface area contributed by atoms with E-state index in [2.05, 4.69) is 10.1 Å². The van der Waals surface area contributed by atoms with E-state index in [4.69, 9.17) is 4.74 Å². The molecule has 1 atom stereocenters. The number of esters is 1. The number of carbonyl (C=O) groups excluding carboxylic acids is 2. The van der Waals surface area contributed by atoms with Gasteiger partial charge in [-0.25, -0.2) is 4.79 Å². The molecule has 1 N–H and O–H groups in total. The van der Waals surface area contributed by atoms with Crippen molar-refractivity contribution in [3.05, 3.63) is 34.4 Å². The van der Waals surface area contributed by atoms with Crippen LogP contribution >= 0.6 is 0 Å². The summed E-state index contributed by atoms with van der Waals surface area (Å²) in [5.41, 5.74) is -0.235. The molecule has 0 bridgehead atoms. The van der Waals surface area contributed by atoms with Crippen molar-refractivity contribution < 1.29 is 24.0 Å². The van der Waals surface area contributed by atoms with E-state index < -0.39 is 29.4 Å². The van der Waals surface area contributed by atoms with E-state index in [0.717, 1.165) is 0 Å². The van der Waals surface area contributed by atoms with E-state index >= 15 is 0 Å². The Balaban J connectivity index is 2.57. The fourth-order valence-electron chi connectivity index (χ4n) is 1.39. The molecule has 20 heavy (non-hydrogen) atoms. The van der Waals surface area contributed by atoms with Gasteiger partial charge in [-0.2, -0.15) is 0 Å². The predicted molar refractivity (Wildman–Crippen MR) is 68.2 cm³/mol. The Morgan fingerprint density at radius 3 is 2.65 bits per heavy atom. The first-order valence-corrected chi connectivity index (χ1v) is 5.69. The minimum Gasteiger partial charge on any atom is -0.477 e. The van der Waals surface area contributed by atoms with Crippen molar-refractivity contribution in [3.63, 3.8) is 0 Å². The quantitative estimate of drug-likeness (QED) is 0.466. The smallest absolute Gasteiger partial charge is 0.328 e. The van der Waals surface area contributed by atoms with Crippen molar-refractivity contribution in [2.45, 2.75) is 13.0 Å². The molecule has 0 heterocycles. The highest BCUT2D eigenvalue weighted by atomic mass is 16.6. The van der Waals surface area contributed by atoms with Gasteiger partial charge in [-0.05, 0) is 13.0 Å². The molecular weight excluding hydrogens is 268 g/mol. The topological polar surface area (TPSA) is 108 Å². The molecule has 0 saturated heterocycles. The van der Waals surface area contributed by atoms with Crippen LogP contribution in [0.4, 0.5) is 5.69 Å². The van der Waals surface area contributed by atoms with Gasteiger partial charge in [0, 0.05) is 6.07 Å². The van der Waals surface area contributed by atoms with Crippen LogP contribution in [0.5, 0.6) is 5.75 Å². The van der Waals surface area contributed by atoms with Crippen LogP contribution < -0.4 is 10.1 Å². The number of carbonyl (C=O) groups is 2. The summed E-state index contributed by atoms with van der Waals surface area (Å²) in [5, 5.41) is 13.1. The van der Waals surface area contributed by atoms with E-state index in [-0.39, 0.29) is 11.4 Å². The number of hydrogen-bond donors (Lipinski definition) is 1. The average Bonchev–Trinajstić information content (AvgIpc) is 2.44. The molecule has 1 rings (SSSR count). The third-order valence-corrected chi connectivity index (χ3v) is 2.35. The molecule has 0 aliphatic carbocycles. The third kappa shape index (κ3) is 4.23. The van der Waals surface area contributed by atoms with Gasteiger partial charge >= 0.3 is 11.7 Å². The van der Waals surface area contributed by atoms with Crippen molar-refractivity contribution in [1.82, 2.24) is 5.32 Å². The van der Waals surface area contributed by atoms with Crippen LogP contribution in [0, 0.1) is 10.1 Å². The Hall–Kier alpha value is -2.64. The molecule has 0 radical (unpaired) electrons. The maximum Gasteiger partial charge on any atom is 0.328 e. The van der Waals surface area contributed by atoms with Gasteiger partial charge in [0.2, 0.25) is 0 Å². The van der Waals surface area contributed by atoms with Crippen molar-refractivity contribution in [2.75, 3.05) is 13.7 Å². The van der Waals surface area contributed by atoms with E-state index in [1.54, 1.807) is 6.07 Å². The summed E-state index contributed by atoms with van der Waals surface area (Å²) in [5.74, 6) is -1.19. The lowest BCUT2D eigenvalue weighted by Gasteiger charge is -2.12. The van der Waals surface area contributed by atoms with Gasteiger partial charge in [0.15, 0.2) is 12.4 Å². The molecule has 1 aromatic carbocycles. The molecule has 108 valence electrons. The maximum absolute atomic E-state index is 11.5. The van der Waals surface area contributed by atoms with Gasteiger partial charge in [0.1, 0.15) is 6.04 Å². The molecule has 8 nitrogen and oxygen atoms in total. The molecule has 0 spiro atoms. The minimum atomic E-state index is -0.818. The number of amides is 1. The predicted octanol–water partition coefficient (Wildman–Crippen LogP) is 0.651. The fourth-order valence-corrected chi connectivity index (χ4v) is 1.39. The maximum atomic E-state index is 11.5. The lowest BCUT2D eigenvalue weighted by Crippen LogP contribution is -2.41. The third-order valence-electron chi connectivity index (χ3n) is 2.35. The van der Waals surface area contributed by atoms with Crippen LogP contribution in [0.2, 0.25) is 0 Å². The highest BCUT2D eigenvalue weighted by Gasteiger charge is 2.18. The summed E-state index contributed by atoms with van der Waals surface area (Å²) in [7, 11) is 1.20. The summed E-state index contributed by atoms with van der Waals surface area (Å²) in [6, 6.07) is 4.88. The van der Waals surface area contributed by atoms with E-state index in [0.29, 0.717) is 0 Å². The number of ether oxygens (including phenoxy) is 2. The van der Waals surface area contributed by atoms with E-state index in [1.807, 2.05) is 0 Å². The standard InChI is InChI=1S/C12H14N2O6/c1-8(12(16)19-2)13-11(15)7-20-10-6-4-3-5-9(10)14(17)18/h3-6,8H,7H2,1-2H3,(H,13,15). The molecule has 0 aromatic heterocycles. The van der Waals surface area contributed by atoms with Gasteiger partial charge in [-0.3, -0.25) is 14.9 Å². The Morgan fingerprint density at radius 2 is 2.05 bits per heavy atom. The number of nitrogens with zero attached hydrogens (tertiary/aromatic N) is 1. The lowest BCUT2D eigenvalue weighted by molar-refractivity contribution is -0.385. The normalized spacial score (nSPS) is 11.3. The van der Waals surface area contributed by atoms with Crippen LogP contribution in [0.1, 0.15) is 6.92 Å². The number of benzene rings is 1. The first-order chi connectivity index (χ1) is 9.45. The molecule has 0 saturated carbocycles. The van der Waals surface area contributed by atoms with Crippen molar-refractivity contribution in [3.8, 4) is 5.75 Å². The van der Waals surface area contributed by atoms with Crippen LogP contribution in [0.3, 0.4) is 0 Å². The highest BCUT2D eigenvalue weighted by Crippen LogP contribution is 2.25. The number of nitro groups is 1. The van der Waals surface area contributed by atoms with Gasteiger partial charge in [-0.1, -0.05) is 12.1 Å². The van der Waals surface area contributed by atoms with Gasteiger partial charge in [0.25, 0.3) is 5.91 Å². The van der Waals surface area contributed by atoms with Crippen LogP contribution in [0.15, 0.2) is 24.3 Å². The summed E-state index contributed by atoms with van der Waals surface area (Å²) in [6.07, 6.45) is 0. The van der Waals surface area contributed by atoms with Crippen LogP contribution in [-0.4, -0.2) is 36.6 Å². The summed E-state index contributed by atoms with van der Waals surface area (Å²) >= 11 is 0. The number of nitro benzene ring substituents is 1. The van der Waals surface area contributed by atoms with Crippen molar-refractivity contribution >= 4 is 17.6 Å². The zero-order valence-electron chi connectivity index (χ0n) is 11.0. The van der Waals surface area contributed by atoms with Crippen molar-refractivity contribution in [2.24, 2.45) is 0 Å². The SMILES string of the molecule is COC(=O)C(C)NC(=O)COc1ccccc1[N+](=O)[O-]. The number of hydrogen-bond acceptors (Lipinski definition) is 6. The molecular formula is C12H14N2O6. The number of methoxy groups -OCH3 is 1.